The standard InChI is InChI=1S/C10H12ClNO2S/c1-12(2)5-8(10(13)14-3)9-4-7(11)6-15-9/h4-6H,1-3H3/b8-5-. The minimum atomic E-state index is -0.359. The van der Waals surface area contributed by atoms with Gasteiger partial charge >= 0.3 is 5.97 Å². The minimum Gasteiger partial charge on any atom is -0.465 e. The molecule has 0 fully saturated rings. The molecule has 0 spiro atoms. The summed E-state index contributed by atoms with van der Waals surface area (Å²) in [5.74, 6) is -0.359. The lowest BCUT2D eigenvalue weighted by Gasteiger charge is -2.08. The van der Waals surface area contributed by atoms with Crippen LogP contribution in [0.15, 0.2) is 17.6 Å². The zero-order valence-electron chi connectivity index (χ0n) is 8.78. The normalized spacial score (nSPS) is 11.3. The molecule has 82 valence electrons. The maximum Gasteiger partial charge on any atom is 0.340 e. The molecule has 0 atom stereocenters. The van der Waals surface area contributed by atoms with Gasteiger partial charge in [0.15, 0.2) is 0 Å². The molecule has 0 aromatic carbocycles. The topological polar surface area (TPSA) is 29.5 Å². The number of rotatable bonds is 3. The molecule has 3 nitrogen and oxygen atoms in total. The molecule has 1 aromatic heterocycles. The highest BCUT2D eigenvalue weighted by Gasteiger charge is 2.14. The number of methoxy groups -OCH3 is 1. The van der Waals surface area contributed by atoms with Gasteiger partial charge in [-0.25, -0.2) is 4.79 Å². The second-order valence-electron chi connectivity index (χ2n) is 3.13. The van der Waals surface area contributed by atoms with E-state index in [1.807, 2.05) is 14.1 Å². The Bertz CT molecular complexity index is 385. The van der Waals surface area contributed by atoms with Crippen molar-refractivity contribution in [3.05, 3.63) is 27.5 Å². The van der Waals surface area contributed by atoms with Crippen molar-refractivity contribution >= 4 is 34.5 Å². The summed E-state index contributed by atoms with van der Waals surface area (Å²) in [5, 5.41) is 2.41. The first kappa shape index (κ1) is 12.1. The molecule has 1 heterocycles. The van der Waals surface area contributed by atoms with Crippen molar-refractivity contribution in [2.24, 2.45) is 0 Å². The Hall–Kier alpha value is -1.000. The highest BCUT2D eigenvalue weighted by atomic mass is 35.5. The monoisotopic (exact) mass is 245 g/mol. The van der Waals surface area contributed by atoms with Gasteiger partial charge in [0.05, 0.1) is 17.7 Å². The van der Waals surface area contributed by atoms with Crippen molar-refractivity contribution in [1.29, 1.82) is 0 Å². The summed E-state index contributed by atoms with van der Waals surface area (Å²) >= 11 is 7.22. The van der Waals surface area contributed by atoms with Gasteiger partial charge in [0.2, 0.25) is 0 Å². The molecule has 0 radical (unpaired) electrons. The molecule has 0 bridgehead atoms. The first-order chi connectivity index (χ1) is 7.04. The van der Waals surface area contributed by atoms with E-state index in [0.29, 0.717) is 10.6 Å². The molecular formula is C10H12ClNO2S. The van der Waals surface area contributed by atoms with E-state index >= 15 is 0 Å². The summed E-state index contributed by atoms with van der Waals surface area (Å²) in [4.78, 5) is 14.1. The fourth-order valence-electron chi connectivity index (χ4n) is 1.04. The Balaban J connectivity index is 3.07. The molecule has 0 N–H and O–H groups in total. The molecule has 0 amide bonds. The quantitative estimate of drug-likeness (QED) is 0.605. The molecule has 0 aliphatic rings. The van der Waals surface area contributed by atoms with E-state index in [1.54, 1.807) is 22.5 Å². The van der Waals surface area contributed by atoms with Crippen LogP contribution in [0.5, 0.6) is 0 Å². The number of halogens is 1. The van der Waals surface area contributed by atoms with Crippen molar-refractivity contribution in [3.8, 4) is 0 Å². The van der Waals surface area contributed by atoms with Crippen LogP contribution in [-0.4, -0.2) is 32.1 Å². The Kier molecular flexibility index (Phi) is 4.17. The van der Waals surface area contributed by atoms with E-state index < -0.39 is 0 Å². The van der Waals surface area contributed by atoms with Crippen LogP contribution in [0.1, 0.15) is 4.88 Å². The fourth-order valence-corrected chi connectivity index (χ4v) is 2.11. The average Bonchev–Trinajstić information content (AvgIpc) is 2.59. The summed E-state index contributed by atoms with van der Waals surface area (Å²) in [6.07, 6.45) is 1.72. The Morgan fingerprint density at radius 2 is 2.27 bits per heavy atom. The van der Waals surface area contributed by atoms with Gasteiger partial charge in [0.1, 0.15) is 0 Å². The van der Waals surface area contributed by atoms with Crippen molar-refractivity contribution in [3.63, 3.8) is 0 Å². The van der Waals surface area contributed by atoms with Crippen LogP contribution < -0.4 is 0 Å². The van der Waals surface area contributed by atoms with Crippen LogP contribution in [-0.2, 0) is 9.53 Å². The second kappa shape index (κ2) is 5.19. The zero-order valence-corrected chi connectivity index (χ0v) is 10.4. The van der Waals surface area contributed by atoms with E-state index in [-0.39, 0.29) is 5.97 Å². The number of carbonyl (C=O) groups excluding carboxylic acids is 1. The van der Waals surface area contributed by atoms with Crippen molar-refractivity contribution < 1.29 is 9.53 Å². The molecule has 0 unspecified atom stereocenters. The second-order valence-corrected chi connectivity index (χ2v) is 4.47. The molecule has 0 saturated carbocycles. The van der Waals surface area contributed by atoms with Gasteiger partial charge in [-0.15, -0.1) is 11.3 Å². The number of esters is 1. The summed E-state index contributed by atoms with van der Waals surface area (Å²) in [6.45, 7) is 0. The van der Waals surface area contributed by atoms with E-state index in [1.165, 1.54) is 18.4 Å². The Labute approximate surface area is 97.9 Å². The van der Waals surface area contributed by atoms with Crippen LogP contribution in [0.4, 0.5) is 0 Å². The highest BCUT2D eigenvalue weighted by molar-refractivity contribution is 7.12. The lowest BCUT2D eigenvalue weighted by molar-refractivity contribution is -0.133. The molecule has 1 aromatic rings. The molecule has 1 rings (SSSR count). The first-order valence-electron chi connectivity index (χ1n) is 4.25. The minimum absolute atomic E-state index is 0.359. The third kappa shape index (κ3) is 3.25. The predicted molar refractivity (Wildman–Crippen MR) is 63.0 cm³/mol. The summed E-state index contributed by atoms with van der Waals surface area (Å²) in [6, 6.07) is 1.75. The number of hydrogen-bond acceptors (Lipinski definition) is 4. The Morgan fingerprint density at radius 3 is 2.67 bits per heavy atom. The van der Waals surface area contributed by atoms with Gasteiger partial charge in [-0.3, -0.25) is 0 Å². The SMILES string of the molecule is COC(=O)/C(=C\N(C)C)c1cc(Cl)cs1. The third-order valence-electron chi connectivity index (χ3n) is 1.63. The predicted octanol–water partition coefficient (Wildman–Crippen LogP) is 2.48. The summed E-state index contributed by atoms with van der Waals surface area (Å²) in [5.41, 5.74) is 0.513. The number of thiophene rings is 1. The summed E-state index contributed by atoms with van der Waals surface area (Å²) in [7, 11) is 5.05. The largest absolute Gasteiger partial charge is 0.465 e. The Morgan fingerprint density at radius 1 is 1.60 bits per heavy atom. The van der Waals surface area contributed by atoms with Gasteiger partial charge in [0, 0.05) is 30.6 Å². The maximum absolute atomic E-state index is 11.5. The fraction of sp³-hybridized carbons (Fsp3) is 0.300. The first-order valence-corrected chi connectivity index (χ1v) is 5.51. The maximum atomic E-state index is 11.5. The van der Waals surface area contributed by atoms with Crippen LogP contribution in [0.2, 0.25) is 5.02 Å². The van der Waals surface area contributed by atoms with Crippen molar-refractivity contribution in [2.75, 3.05) is 21.2 Å². The molecule has 0 aliphatic heterocycles. The highest BCUT2D eigenvalue weighted by Crippen LogP contribution is 2.26. The number of ether oxygens (including phenoxy) is 1. The number of hydrogen-bond donors (Lipinski definition) is 0. The molecule has 0 aliphatic carbocycles. The number of nitrogens with zero attached hydrogens (tertiary/aromatic N) is 1. The molecule has 5 heteroatoms. The van der Waals surface area contributed by atoms with Crippen LogP contribution in [0.3, 0.4) is 0 Å². The van der Waals surface area contributed by atoms with Gasteiger partial charge in [-0.2, -0.15) is 0 Å². The summed E-state index contributed by atoms with van der Waals surface area (Å²) < 4.78 is 4.71. The van der Waals surface area contributed by atoms with E-state index in [4.69, 9.17) is 16.3 Å². The molecule has 0 saturated heterocycles. The smallest absolute Gasteiger partial charge is 0.340 e. The molecule has 15 heavy (non-hydrogen) atoms. The van der Waals surface area contributed by atoms with Crippen molar-refractivity contribution in [2.45, 2.75) is 0 Å². The van der Waals surface area contributed by atoms with Crippen LogP contribution >= 0.6 is 22.9 Å². The van der Waals surface area contributed by atoms with Crippen LogP contribution in [0.25, 0.3) is 5.57 Å². The van der Waals surface area contributed by atoms with E-state index in [2.05, 4.69) is 0 Å². The van der Waals surface area contributed by atoms with E-state index in [0.717, 1.165) is 4.88 Å². The van der Waals surface area contributed by atoms with Gasteiger partial charge < -0.3 is 9.64 Å². The van der Waals surface area contributed by atoms with Crippen LogP contribution in [0, 0.1) is 0 Å². The number of carbonyl (C=O) groups is 1. The molecular weight excluding hydrogens is 234 g/mol. The van der Waals surface area contributed by atoms with Crippen molar-refractivity contribution in [1.82, 2.24) is 4.90 Å². The lowest BCUT2D eigenvalue weighted by atomic mass is 10.2. The van der Waals surface area contributed by atoms with Gasteiger partial charge in [-0.05, 0) is 6.07 Å². The van der Waals surface area contributed by atoms with Gasteiger partial charge in [0.25, 0.3) is 0 Å². The lowest BCUT2D eigenvalue weighted by Crippen LogP contribution is -2.09. The third-order valence-corrected chi connectivity index (χ3v) is 2.94. The van der Waals surface area contributed by atoms with E-state index in [9.17, 15) is 4.79 Å². The zero-order chi connectivity index (χ0) is 11.4. The average molecular weight is 246 g/mol. The van der Waals surface area contributed by atoms with Gasteiger partial charge in [-0.1, -0.05) is 11.6 Å².